The second-order valence-electron chi connectivity index (χ2n) is 6.64. The fourth-order valence-electron chi connectivity index (χ4n) is 3.46. The zero-order chi connectivity index (χ0) is 16.5. The van der Waals surface area contributed by atoms with Crippen LogP contribution in [0.1, 0.15) is 41.1 Å². The molecule has 124 valence electrons. The number of hydrogen-bond acceptors (Lipinski definition) is 4. The van der Waals surface area contributed by atoms with E-state index in [1.54, 1.807) is 11.3 Å². The standard InChI is InChI=1S/C20H23N3S/c1-14-15(2)24-20-18(14)19(23-11-7-4-8-12-23)21-17(22-20)13-16-9-5-3-6-10-16/h3,5-6,9-10H,4,7-8,11-13H2,1-2H3. The Bertz CT molecular complexity index is 848. The first-order valence-corrected chi connectivity index (χ1v) is 9.59. The maximum atomic E-state index is 5.02. The van der Waals surface area contributed by atoms with Gasteiger partial charge in [-0.2, -0.15) is 0 Å². The maximum absolute atomic E-state index is 5.02. The van der Waals surface area contributed by atoms with Gasteiger partial charge in [0.1, 0.15) is 16.5 Å². The third kappa shape index (κ3) is 2.91. The molecule has 0 unspecified atom stereocenters. The van der Waals surface area contributed by atoms with Gasteiger partial charge in [-0.3, -0.25) is 0 Å². The third-order valence-electron chi connectivity index (χ3n) is 4.92. The molecule has 1 saturated heterocycles. The zero-order valence-electron chi connectivity index (χ0n) is 14.4. The van der Waals surface area contributed by atoms with Crippen molar-refractivity contribution in [1.82, 2.24) is 9.97 Å². The Morgan fingerprint density at radius 3 is 2.50 bits per heavy atom. The quantitative estimate of drug-likeness (QED) is 0.681. The van der Waals surface area contributed by atoms with Crippen LogP contribution in [0.3, 0.4) is 0 Å². The van der Waals surface area contributed by atoms with Crippen molar-refractivity contribution in [3.05, 3.63) is 52.2 Å². The fourth-order valence-corrected chi connectivity index (χ4v) is 4.51. The second kappa shape index (κ2) is 6.52. The van der Waals surface area contributed by atoms with Crippen LogP contribution in [-0.4, -0.2) is 23.1 Å². The van der Waals surface area contributed by atoms with E-state index in [2.05, 4.69) is 49.1 Å². The minimum Gasteiger partial charge on any atom is -0.356 e. The van der Waals surface area contributed by atoms with Gasteiger partial charge in [0, 0.05) is 24.4 Å². The van der Waals surface area contributed by atoms with Crippen LogP contribution in [0.2, 0.25) is 0 Å². The molecule has 1 aromatic carbocycles. The molecule has 0 aliphatic carbocycles. The van der Waals surface area contributed by atoms with Crippen molar-refractivity contribution in [2.45, 2.75) is 39.5 Å². The van der Waals surface area contributed by atoms with E-state index in [9.17, 15) is 0 Å². The molecule has 0 atom stereocenters. The summed E-state index contributed by atoms with van der Waals surface area (Å²) in [4.78, 5) is 14.9. The number of aromatic nitrogens is 2. The van der Waals surface area contributed by atoms with E-state index >= 15 is 0 Å². The minimum absolute atomic E-state index is 0.799. The predicted molar refractivity (Wildman–Crippen MR) is 102 cm³/mol. The van der Waals surface area contributed by atoms with Gasteiger partial charge in [-0.15, -0.1) is 11.3 Å². The van der Waals surface area contributed by atoms with Gasteiger partial charge in [-0.05, 0) is 44.2 Å². The number of hydrogen-bond donors (Lipinski definition) is 0. The van der Waals surface area contributed by atoms with E-state index in [1.807, 2.05) is 0 Å². The van der Waals surface area contributed by atoms with Crippen molar-refractivity contribution in [3.63, 3.8) is 0 Å². The largest absolute Gasteiger partial charge is 0.356 e. The van der Waals surface area contributed by atoms with Crippen molar-refractivity contribution >= 4 is 27.4 Å². The molecule has 3 aromatic rings. The molecule has 1 aliphatic rings. The number of nitrogens with zero attached hydrogens (tertiary/aromatic N) is 3. The summed E-state index contributed by atoms with van der Waals surface area (Å²) in [6.07, 6.45) is 4.67. The lowest BCUT2D eigenvalue weighted by Crippen LogP contribution is -2.30. The normalized spacial score (nSPS) is 15.2. The van der Waals surface area contributed by atoms with Crippen molar-refractivity contribution < 1.29 is 0 Å². The smallest absolute Gasteiger partial charge is 0.141 e. The van der Waals surface area contributed by atoms with Crippen LogP contribution >= 0.6 is 11.3 Å². The van der Waals surface area contributed by atoms with Crippen molar-refractivity contribution in [1.29, 1.82) is 0 Å². The highest BCUT2D eigenvalue weighted by Crippen LogP contribution is 2.36. The molecule has 1 fully saturated rings. The summed E-state index contributed by atoms with van der Waals surface area (Å²) in [5.74, 6) is 2.10. The number of fused-ring (bicyclic) bond motifs is 1. The van der Waals surface area contributed by atoms with E-state index in [0.717, 1.165) is 36.0 Å². The molecule has 24 heavy (non-hydrogen) atoms. The lowest BCUT2D eigenvalue weighted by molar-refractivity contribution is 0.574. The van der Waals surface area contributed by atoms with Gasteiger partial charge in [0.25, 0.3) is 0 Å². The van der Waals surface area contributed by atoms with Crippen LogP contribution in [0.15, 0.2) is 30.3 Å². The van der Waals surface area contributed by atoms with Crippen molar-refractivity contribution in [3.8, 4) is 0 Å². The van der Waals surface area contributed by atoms with Crippen molar-refractivity contribution in [2.75, 3.05) is 18.0 Å². The average molecular weight is 337 g/mol. The molecule has 0 bridgehead atoms. The van der Waals surface area contributed by atoms with E-state index in [0.29, 0.717) is 0 Å². The monoisotopic (exact) mass is 337 g/mol. The number of rotatable bonds is 3. The summed E-state index contributed by atoms with van der Waals surface area (Å²) in [6, 6.07) is 10.5. The van der Waals surface area contributed by atoms with Crippen LogP contribution in [0.4, 0.5) is 5.82 Å². The molecule has 3 heterocycles. The number of piperidine rings is 1. The van der Waals surface area contributed by atoms with Crippen LogP contribution in [-0.2, 0) is 6.42 Å². The van der Waals surface area contributed by atoms with Gasteiger partial charge in [0.2, 0.25) is 0 Å². The number of thiophene rings is 1. The minimum atomic E-state index is 0.799. The van der Waals surface area contributed by atoms with Crippen LogP contribution in [0.5, 0.6) is 0 Å². The van der Waals surface area contributed by atoms with E-state index in [-0.39, 0.29) is 0 Å². The molecule has 1 aliphatic heterocycles. The summed E-state index contributed by atoms with van der Waals surface area (Å²) >= 11 is 1.80. The van der Waals surface area contributed by atoms with Gasteiger partial charge in [0.05, 0.1) is 5.39 Å². The molecule has 0 spiro atoms. The molecule has 2 aromatic heterocycles. The van der Waals surface area contributed by atoms with Gasteiger partial charge >= 0.3 is 0 Å². The Kier molecular flexibility index (Phi) is 4.23. The molecule has 4 heteroatoms. The first kappa shape index (κ1) is 15.6. The molecule has 0 saturated carbocycles. The molecule has 0 N–H and O–H groups in total. The number of benzene rings is 1. The Morgan fingerprint density at radius 2 is 1.75 bits per heavy atom. The molecule has 3 nitrogen and oxygen atoms in total. The molecular formula is C20H23N3S. The summed E-state index contributed by atoms with van der Waals surface area (Å²) < 4.78 is 0. The summed E-state index contributed by atoms with van der Waals surface area (Å²) in [6.45, 7) is 6.64. The van der Waals surface area contributed by atoms with E-state index in [4.69, 9.17) is 9.97 Å². The highest BCUT2D eigenvalue weighted by molar-refractivity contribution is 7.18. The summed E-state index contributed by atoms with van der Waals surface area (Å²) in [5, 5.41) is 1.27. The SMILES string of the molecule is Cc1sc2nc(Cc3ccccc3)nc(N3CCCCC3)c2c1C. The lowest BCUT2D eigenvalue weighted by atomic mass is 10.1. The summed E-state index contributed by atoms with van der Waals surface area (Å²) in [5.41, 5.74) is 2.62. The number of anilines is 1. The first-order valence-electron chi connectivity index (χ1n) is 8.78. The molecule has 4 rings (SSSR count). The highest BCUT2D eigenvalue weighted by atomic mass is 32.1. The third-order valence-corrected chi connectivity index (χ3v) is 6.02. The van der Waals surface area contributed by atoms with Gasteiger partial charge in [-0.25, -0.2) is 9.97 Å². The maximum Gasteiger partial charge on any atom is 0.141 e. The predicted octanol–water partition coefficient (Wildman–Crippen LogP) is 4.89. The Morgan fingerprint density at radius 1 is 1.00 bits per heavy atom. The molecule has 0 amide bonds. The van der Waals surface area contributed by atoms with Crippen LogP contribution < -0.4 is 4.90 Å². The molecule has 0 radical (unpaired) electrons. The fraction of sp³-hybridized carbons (Fsp3) is 0.400. The Labute approximate surface area is 147 Å². The lowest BCUT2D eigenvalue weighted by Gasteiger charge is -2.28. The van der Waals surface area contributed by atoms with Crippen LogP contribution in [0.25, 0.3) is 10.2 Å². The van der Waals surface area contributed by atoms with Gasteiger partial charge in [-0.1, -0.05) is 30.3 Å². The first-order chi connectivity index (χ1) is 11.7. The number of aryl methyl sites for hydroxylation is 2. The Hall–Kier alpha value is -1.94. The van der Waals surface area contributed by atoms with E-state index in [1.165, 1.54) is 40.7 Å². The van der Waals surface area contributed by atoms with Crippen molar-refractivity contribution in [2.24, 2.45) is 0 Å². The molecular weight excluding hydrogens is 314 g/mol. The van der Waals surface area contributed by atoms with E-state index < -0.39 is 0 Å². The van der Waals surface area contributed by atoms with Crippen LogP contribution in [0, 0.1) is 13.8 Å². The Balaban J connectivity index is 1.81. The topological polar surface area (TPSA) is 29.0 Å². The summed E-state index contributed by atoms with van der Waals surface area (Å²) in [7, 11) is 0. The average Bonchev–Trinajstić information content (AvgIpc) is 2.90. The zero-order valence-corrected chi connectivity index (χ0v) is 15.2. The second-order valence-corrected chi connectivity index (χ2v) is 7.84. The van der Waals surface area contributed by atoms with Gasteiger partial charge in [0.15, 0.2) is 0 Å². The highest BCUT2D eigenvalue weighted by Gasteiger charge is 2.20. The van der Waals surface area contributed by atoms with Gasteiger partial charge < -0.3 is 4.90 Å².